The SMILES string of the molecule is O=C(O)N1CCN(c2nc(-c3ccncc3)[nH]c(=O)c2Cl)CC1. The Hall–Kier alpha value is -2.61. The van der Waals surface area contributed by atoms with Gasteiger partial charge in [-0.15, -0.1) is 0 Å². The van der Waals surface area contributed by atoms with Crippen LogP contribution in [-0.4, -0.2) is 57.2 Å². The maximum absolute atomic E-state index is 12.1. The Kier molecular flexibility index (Phi) is 4.16. The fourth-order valence-corrected chi connectivity index (χ4v) is 2.62. The monoisotopic (exact) mass is 335 g/mol. The van der Waals surface area contributed by atoms with Crippen LogP contribution in [-0.2, 0) is 0 Å². The summed E-state index contributed by atoms with van der Waals surface area (Å²) in [5.74, 6) is 0.768. The number of aromatic amines is 1. The molecule has 0 aromatic carbocycles. The predicted octanol–water partition coefficient (Wildman–Crippen LogP) is 1.29. The summed E-state index contributed by atoms with van der Waals surface area (Å²) in [6.45, 7) is 1.53. The molecule has 23 heavy (non-hydrogen) atoms. The summed E-state index contributed by atoms with van der Waals surface area (Å²) in [6, 6.07) is 3.47. The molecule has 0 atom stereocenters. The van der Waals surface area contributed by atoms with E-state index in [0.29, 0.717) is 37.8 Å². The zero-order valence-electron chi connectivity index (χ0n) is 12.1. The van der Waals surface area contributed by atoms with Crippen molar-refractivity contribution in [1.82, 2.24) is 19.9 Å². The Morgan fingerprint density at radius 3 is 2.48 bits per heavy atom. The number of pyridine rings is 1. The normalized spacial score (nSPS) is 14.8. The summed E-state index contributed by atoms with van der Waals surface area (Å²) in [4.78, 5) is 37.2. The average Bonchev–Trinajstić information content (AvgIpc) is 2.58. The van der Waals surface area contributed by atoms with Crippen molar-refractivity contribution in [2.75, 3.05) is 31.1 Å². The molecule has 1 amide bonds. The number of rotatable bonds is 2. The molecule has 3 rings (SSSR count). The van der Waals surface area contributed by atoms with Crippen LogP contribution in [0.2, 0.25) is 5.02 Å². The lowest BCUT2D eigenvalue weighted by Crippen LogP contribution is -2.49. The highest BCUT2D eigenvalue weighted by atomic mass is 35.5. The lowest BCUT2D eigenvalue weighted by Gasteiger charge is -2.34. The number of hydrogen-bond donors (Lipinski definition) is 2. The maximum Gasteiger partial charge on any atom is 0.407 e. The molecule has 8 nitrogen and oxygen atoms in total. The Morgan fingerprint density at radius 2 is 1.87 bits per heavy atom. The van der Waals surface area contributed by atoms with Gasteiger partial charge in [0.25, 0.3) is 5.56 Å². The molecule has 2 N–H and O–H groups in total. The molecule has 0 saturated carbocycles. The van der Waals surface area contributed by atoms with Crippen molar-refractivity contribution in [2.24, 2.45) is 0 Å². The molecule has 120 valence electrons. The molecule has 0 unspecified atom stereocenters. The van der Waals surface area contributed by atoms with Gasteiger partial charge in [0.2, 0.25) is 0 Å². The van der Waals surface area contributed by atoms with Gasteiger partial charge < -0.3 is 19.9 Å². The van der Waals surface area contributed by atoms with Crippen LogP contribution in [0, 0.1) is 0 Å². The van der Waals surface area contributed by atoms with E-state index in [9.17, 15) is 9.59 Å². The molecule has 1 aliphatic heterocycles. The molecule has 3 heterocycles. The number of amides is 1. The van der Waals surface area contributed by atoms with E-state index in [1.807, 2.05) is 4.90 Å². The van der Waals surface area contributed by atoms with Crippen molar-refractivity contribution < 1.29 is 9.90 Å². The molecule has 0 aliphatic carbocycles. The number of halogens is 1. The molecule has 1 fully saturated rings. The third-order valence-electron chi connectivity index (χ3n) is 3.65. The number of carboxylic acid groups (broad SMARTS) is 1. The minimum Gasteiger partial charge on any atom is -0.465 e. The molecule has 0 radical (unpaired) electrons. The number of hydrogen-bond acceptors (Lipinski definition) is 5. The van der Waals surface area contributed by atoms with Crippen LogP contribution in [0.5, 0.6) is 0 Å². The number of aromatic nitrogens is 3. The van der Waals surface area contributed by atoms with E-state index >= 15 is 0 Å². The van der Waals surface area contributed by atoms with Crippen molar-refractivity contribution in [1.29, 1.82) is 0 Å². The molecular weight excluding hydrogens is 322 g/mol. The Labute approximate surface area is 136 Å². The number of anilines is 1. The largest absolute Gasteiger partial charge is 0.465 e. The third kappa shape index (κ3) is 3.11. The van der Waals surface area contributed by atoms with Crippen LogP contribution < -0.4 is 10.5 Å². The van der Waals surface area contributed by atoms with E-state index in [2.05, 4.69) is 15.0 Å². The van der Waals surface area contributed by atoms with Gasteiger partial charge in [-0.05, 0) is 12.1 Å². The molecule has 2 aromatic rings. The first-order valence-electron chi connectivity index (χ1n) is 6.99. The van der Waals surface area contributed by atoms with Gasteiger partial charge in [0.1, 0.15) is 10.8 Å². The van der Waals surface area contributed by atoms with Crippen LogP contribution in [0.4, 0.5) is 10.6 Å². The molecular formula is C14H14ClN5O3. The lowest BCUT2D eigenvalue weighted by atomic mass is 10.2. The number of nitrogens with one attached hydrogen (secondary N) is 1. The van der Waals surface area contributed by atoms with Crippen LogP contribution in [0.1, 0.15) is 0 Å². The van der Waals surface area contributed by atoms with E-state index < -0.39 is 11.7 Å². The lowest BCUT2D eigenvalue weighted by molar-refractivity contribution is 0.142. The van der Waals surface area contributed by atoms with Crippen LogP contribution in [0.25, 0.3) is 11.4 Å². The number of nitrogens with zero attached hydrogens (tertiary/aromatic N) is 4. The van der Waals surface area contributed by atoms with Gasteiger partial charge in [-0.2, -0.15) is 0 Å². The van der Waals surface area contributed by atoms with Gasteiger partial charge in [-0.1, -0.05) is 11.6 Å². The Bertz CT molecular complexity index is 772. The van der Waals surface area contributed by atoms with Gasteiger partial charge in [-0.25, -0.2) is 9.78 Å². The fraction of sp³-hybridized carbons (Fsp3) is 0.286. The first-order chi connectivity index (χ1) is 11.1. The number of carbonyl (C=O) groups is 1. The maximum atomic E-state index is 12.1. The second kappa shape index (κ2) is 6.25. The summed E-state index contributed by atoms with van der Waals surface area (Å²) in [7, 11) is 0. The molecule has 9 heteroatoms. The van der Waals surface area contributed by atoms with Crippen molar-refractivity contribution >= 4 is 23.5 Å². The van der Waals surface area contributed by atoms with Gasteiger partial charge in [0.05, 0.1) is 0 Å². The molecule has 0 bridgehead atoms. The van der Waals surface area contributed by atoms with Crippen LogP contribution in [0.15, 0.2) is 29.3 Å². The molecule has 1 saturated heterocycles. The van der Waals surface area contributed by atoms with Crippen molar-refractivity contribution in [3.8, 4) is 11.4 Å². The van der Waals surface area contributed by atoms with Crippen molar-refractivity contribution in [2.45, 2.75) is 0 Å². The topological polar surface area (TPSA) is 102 Å². The quantitative estimate of drug-likeness (QED) is 0.857. The van der Waals surface area contributed by atoms with Crippen LogP contribution in [0.3, 0.4) is 0 Å². The Balaban J connectivity index is 1.92. The molecule has 1 aliphatic rings. The fourth-order valence-electron chi connectivity index (χ4n) is 2.41. The minimum atomic E-state index is -0.952. The van der Waals surface area contributed by atoms with Gasteiger partial charge in [0.15, 0.2) is 5.82 Å². The smallest absolute Gasteiger partial charge is 0.407 e. The second-order valence-electron chi connectivity index (χ2n) is 5.04. The average molecular weight is 336 g/mol. The van der Waals surface area contributed by atoms with E-state index in [4.69, 9.17) is 16.7 Å². The summed E-state index contributed by atoms with van der Waals surface area (Å²) >= 11 is 6.09. The van der Waals surface area contributed by atoms with Gasteiger partial charge in [0, 0.05) is 44.1 Å². The van der Waals surface area contributed by atoms with E-state index in [1.165, 1.54) is 4.90 Å². The summed E-state index contributed by atoms with van der Waals surface area (Å²) in [6.07, 6.45) is 2.26. The number of H-pyrrole nitrogens is 1. The molecule has 0 spiro atoms. The number of piperazine rings is 1. The van der Waals surface area contributed by atoms with Crippen molar-refractivity contribution in [3.05, 3.63) is 39.9 Å². The summed E-state index contributed by atoms with van der Waals surface area (Å²) in [5, 5.41) is 9.00. The van der Waals surface area contributed by atoms with Gasteiger partial charge >= 0.3 is 6.09 Å². The van der Waals surface area contributed by atoms with E-state index in [1.54, 1.807) is 24.5 Å². The highest BCUT2D eigenvalue weighted by molar-refractivity contribution is 6.32. The zero-order valence-corrected chi connectivity index (χ0v) is 12.8. The van der Waals surface area contributed by atoms with Gasteiger partial charge in [-0.3, -0.25) is 9.78 Å². The minimum absolute atomic E-state index is 0.00609. The zero-order chi connectivity index (χ0) is 16.4. The highest BCUT2D eigenvalue weighted by Gasteiger charge is 2.24. The molecule has 2 aromatic heterocycles. The third-order valence-corrected chi connectivity index (χ3v) is 3.99. The van der Waals surface area contributed by atoms with E-state index in [-0.39, 0.29) is 5.02 Å². The first kappa shape index (κ1) is 15.3. The van der Waals surface area contributed by atoms with Crippen LogP contribution >= 0.6 is 11.6 Å². The van der Waals surface area contributed by atoms with Crippen molar-refractivity contribution in [3.63, 3.8) is 0 Å². The predicted molar refractivity (Wildman–Crippen MR) is 84.9 cm³/mol. The summed E-state index contributed by atoms with van der Waals surface area (Å²) < 4.78 is 0. The summed E-state index contributed by atoms with van der Waals surface area (Å²) in [5.41, 5.74) is 0.295. The Morgan fingerprint density at radius 1 is 1.22 bits per heavy atom. The second-order valence-corrected chi connectivity index (χ2v) is 5.42. The van der Waals surface area contributed by atoms with E-state index in [0.717, 1.165) is 5.56 Å². The first-order valence-corrected chi connectivity index (χ1v) is 7.37. The highest BCUT2D eigenvalue weighted by Crippen LogP contribution is 2.24. The standard InChI is InChI=1S/C14H14ClN5O3/c15-10-12(19-5-7-20(8-6-19)14(22)23)17-11(18-13(10)21)9-1-3-16-4-2-9/h1-4H,5-8H2,(H,22,23)(H,17,18,21).